The third-order valence-electron chi connectivity index (χ3n) is 1.91. The zero-order valence-corrected chi connectivity index (χ0v) is 9.23. The van der Waals surface area contributed by atoms with Crippen LogP contribution < -0.4 is 0 Å². The van der Waals surface area contributed by atoms with Gasteiger partial charge in [0.25, 0.3) is 0 Å². The number of halogens is 1. The Labute approximate surface area is 84.9 Å². The molecule has 0 bridgehead atoms. The first kappa shape index (κ1) is 11.0. The summed E-state index contributed by atoms with van der Waals surface area (Å²) in [5, 5.41) is 0. The molecule has 13 heavy (non-hydrogen) atoms. The Bertz CT molecular complexity index is 189. The Morgan fingerprint density at radius 3 is 2.46 bits per heavy atom. The maximum Gasteiger partial charge on any atom is 0.177 e. The van der Waals surface area contributed by atoms with E-state index < -0.39 is 0 Å². The molecule has 0 aliphatic carbocycles. The minimum absolute atomic E-state index is 0.138. The Morgan fingerprint density at radius 1 is 1.46 bits per heavy atom. The van der Waals surface area contributed by atoms with E-state index in [9.17, 15) is 0 Å². The molecular formula is C10H17ClO2. The molecule has 0 spiro atoms. The number of allylic oxidation sites excluding steroid dienone is 1. The summed E-state index contributed by atoms with van der Waals surface area (Å²) >= 11 is 5.65. The summed E-state index contributed by atoms with van der Waals surface area (Å²) in [7, 11) is 0. The topological polar surface area (TPSA) is 18.5 Å². The zero-order chi connectivity index (χ0) is 9.90. The van der Waals surface area contributed by atoms with Crippen molar-refractivity contribution in [3.63, 3.8) is 0 Å². The molecule has 3 heteroatoms. The van der Waals surface area contributed by atoms with Crippen LogP contribution in [-0.4, -0.2) is 25.4 Å². The molecule has 0 unspecified atom stereocenters. The monoisotopic (exact) mass is 204 g/mol. The van der Waals surface area contributed by atoms with E-state index >= 15 is 0 Å². The summed E-state index contributed by atoms with van der Waals surface area (Å²) in [6.07, 6.45) is 1.73. The average Bonchev–Trinajstić information content (AvgIpc) is 2.08. The number of rotatable bonds is 2. The van der Waals surface area contributed by atoms with Gasteiger partial charge in [0.2, 0.25) is 0 Å². The maximum atomic E-state index is 5.65. The van der Waals surface area contributed by atoms with Crippen molar-refractivity contribution >= 4 is 11.6 Å². The zero-order valence-electron chi connectivity index (χ0n) is 8.47. The number of hydrogen-bond acceptors (Lipinski definition) is 2. The second kappa shape index (κ2) is 4.45. The largest absolute Gasteiger partial charge is 0.348 e. The predicted molar refractivity (Wildman–Crippen MR) is 54.0 cm³/mol. The predicted octanol–water partition coefficient (Wildman–Crippen LogP) is 2.57. The van der Waals surface area contributed by atoms with Gasteiger partial charge in [-0.05, 0) is 13.0 Å². The lowest BCUT2D eigenvalue weighted by Gasteiger charge is -2.33. The molecule has 0 aromatic heterocycles. The van der Waals surface area contributed by atoms with Crippen LogP contribution in [0.1, 0.15) is 20.8 Å². The Kier molecular flexibility index (Phi) is 3.77. The molecule has 76 valence electrons. The quantitative estimate of drug-likeness (QED) is 0.509. The summed E-state index contributed by atoms with van der Waals surface area (Å²) < 4.78 is 11.0. The fraction of sp³-hybridized carbons (Fsp3) is 0.800. The van der Waals surface area contributed by atoms with Crippen LogP contribution >= 0.6 is 11.6 Å². The third kappa shape index (κ3) is 3.67. The molecule has 0 atom stereocenters. The van der Waals surface area contributed by atoms with Crippen LogP contribution in [0.2, 0.25) is 0 Å². The van der Waals surface area contributed by atoms with Gasteiger partial charge in [-0.25, -0.2) is 0 Å². The first-order valence-corrected chi connectivity index (χ1v) is 5.03. The van der Waals surface area contributed by atoms with E-state index in [0.29, 0.717) is 5.88 Å². The fourth-order valence-electron chi connectivity index (χ4n) is 1.08. The molecule has 0 N–H and O–H groups in total. The van der Waals surface area contributed by atoms with Gasteiger partial charge in [-0.3, -0.25) is 0 Å². The Balaban J connectivity index is 2.42. The first-order valence-electron chi connectivity index (χ1n) is 4.50. The standard InChI is InChI=1S/C10H17ClO2/c1-8(5-11)4-9-12-6-10(2,3)7-13-9/h4,9H,5-7H2,1-3H3/b8-4-. The van der Waals surface area contributed by atoms with Gasteiger partial charge in [0, 0.05) is 11.3 Å². The molecule has 0 saturated carbocycles. The number of ether oxygens (including phenoxy) is 2. The van der Waals surface area contributed by atoms with Crippen molar-refractivity contribution in [2.75, 3.05) is 19.1 Å². The van der Waals surface area contributed by atoms with Crippen LogP contribution in [0, 0.1) is 5.41 Å². The van der Waals surface area contributed by atoms with Crippen molar-refractivity contribution in [3.05, 3.63) is 11.6 Å². The molecular weight excluding hydrogens is 188 g/mol. The van der Waals surface area contributed by atoms with E-state index in [-0.39, 0.29) is 11.7 Å². The summed E-state index contributed by atoms with van der Waals surface area (Å²) in [4.78, 5) is 0. The minimum atomic E-state index is -0.202. The fourth-order valence-corrected chi connectivity index (χ4v) is 1.17. The van der Waals surface area contributed by atoms with Gasteiger partial charge in [-0.1, -0.05) is 19.4 Å². The molecule has 1 heterocycles. The highest BCUT2D eigenvalue weighted by atomic mass is 35.5. The first-order chi connectivity index (χ1) is 6.03. The lowest BCUT2D eigenvalue weighted by atomic mass is 9.95. The van der Waals surface area contributed by atoms with Crippen molar-refractivity contribution in [1.82, 2.24) is 0 Å². The molecule has 0 amide bonds. The van der Waals surface area contributed by atoms with Crippen molar-refractivity contribution in [3.8, 4) is 0 Å². The van der Waals surface area contributed by atoms with Crippen LogP contribution in [0.15, 0.2) is 11.6 Å². The van der Waals surface area contributed by atoms with Gasteiger partial charge >= 0.3 is 0 Å². The van der Waals surface area contributed by atoms with Gasteiger partial charge < -0.3 is 9.47 Å². The molecule has 1 rings (SSSR count). The van der Waals surface area contributed by atoms with Gasteiger partial charge in [0.05, 0.1) is 13.2 Å². The van der Waals surface area contributed by atoms with Crippen LogP contribution in [0.3, 0.4) is 0 Å². The highest BCUT2D eigenvalue weighted by molar-refractivity contribution is 6.19. The van der Waals surface area contributed by atoms with Crippen LogP contribution in [-0.2, 0) is 9.47 Å². The average molecular weight is 205 g/mol. The van der Waals surface area contributed by atoms with Gasteiger partial charge in [0.15, 0.2) is 6.29 Å². The molecule has 0 aromatic rings. The third-order valence-corrected chi connectivity index (χ3v) is 2.33. The van der Waals surface area contributed by atoms with E-state index in [2.05, 4.69) is 13.8 Å². The second-order valence-electron chi connectivity index (χ2n) is 4.30. The van der Waals surface area contributed by atoms with Gasteiger partial charge in [-0.2, -0.15) is 0 Å². The smallest absolute Gasteiger partial charge is 0.177 e. The molecule has 1 fully saturated rings. The normalized spacial score (nSPS) is 24.8. The van der Waals surface area contributed by atoms with Crippen LogP contribution in [0.25, 0.3) is 0 Å². The molecule has 1 aliphatic heterocycles. The van der Waals surface area contributed by atoms with E-state index in [1.165, 1.54) is 0 Å². The Morgan fingerprint density at radius 2 is 2.00 bits per heavy atom. The number of hydrogen-bond donors (Lipinski definition) is 0. The van der Waals surface area contributed by atoms with E-state index in [1.807, 2.05) is 13.0 Å². The lowest BCUT2D eigenvalue weighted by Crippen LogP contribution is -2.36. The minimum Gasteiger partial charge on any atom is -0.348 e. The van der Waals surface area contributed by atoms with Crippen molar-refractivity contribution in [2.45, 2.75) is 27.1 Å². The molecule has 1 saturated heterocycles. The molecule has 0 aromatic carbocycles. The molecule has 2 nitrogen and oxygen atoms in total. The van der Waals surface area contributed by atoms with Gasteiger partial charge in [0.1, 0.15) is 0 Å². The van der Waals surface area contributed by atoms with Crippen LogP contribution in [0.4, 0.5) is 0 Å². The van der Waals surface area contributed by atoms with E-state index in [1.54, 1.807) is 0 Å². The molecule has 1 aliphatic rings. The summed E-state index contributed by atoms with van der Waals surface area (Å²) in [6.45, 7) is 7.70. The van der Waals surface area contributed by atoms with Gasteiger partial charge in [-0.15, -0.1) is 11.6 Å². The Hall–Kier alpha value is -0.0500. The van der Waals surface area contributed by atoms with E-state index in [0.717, 1.165) is 18.8 Å². The number of alkyl halides is 1. The second-order valence-corrected chi connectivity index (χ2v) is 4.57. The van der Waals surface area contributed by atoms with Crippen molar-refractivity contribution in [2.24, 2.45) is 5.41 Å². The van der Waals surface area contributed by atoms with E-state index in [4.69, 9.17) is 21.1 Å². The van der Waals surface area contributed by atoms with Crippen molar-refractivity contribution < 1.29 is 9.47 Å². The highest BCUT2D eigenvalue weighted by Crippen LogP contribution is 2.23. The molecule has 0 radical (unpaired) electrons. The highest BCUT2D eigenvalue weighted by Gasteiger charge is 2.26. The summed E-state index contributed by atoms with van der Waals surface area (Å²) in [6, 6.07) is 0. The summed E-state index contributed by atoms with van der Waals surface area (Å²) in [5.41, 5.74) is 1.23. The SMILES string of the molecule is C/C(=C/C1OCC(C)(C)CO1)CCl. The van der Waals surface area contributed by atoms with Crippen LogP contribution in [0.5, 0.6) is 0 Å². The van der Waals surface area contributed by atoms with Crippen molar-refractivity contribution in [1.29, 1.82) is 0 Å². The maximum absolute atomic E-state index is 5.65. The lowest BCUT2D eigenvalue weighted by molar-refractivity contribution is -0.197. The summed E-state index contributed by atoms with van der Waals surface area (Å²) in [5.74, 6) is 0.534.